The molecule has 0 saturated carbocycles. The van der Waals surface area contributed by atoms with Crippen molar-refractivity contribution in [3.63, 3.8) is 0 Å². The van der Waals surface area contributed by atoms with Gasteiger partial charge < -0.3 is 14.8 Å². The molecule has 0 saturated heterocycles. The lowest BCUT2D eigenvalue weighted by Crippen LogP contribution is -2.13. The van der Waals surface area contributed by atoms with Gasteiger partial charge in [0.25, 0.3) is 0 Å². The molecule has 0 aliphatic heterocycles. The maximum Gasteiger partial charge on any atom is 0.343 e. The molecule has 0 aliphatic carbocycles. The number of hydrogen-bond acceptors (Lipinski definition) is 4. The second kappa shape index (κ2) is 7.77. The van der Waals surface area contributed by atoms with Crippen molar-refractivity contribution in [2.45, 2.75) is 12.8 Å². The fourth-order valence-corrected chi connectivity index (χ4v) is 1.27. The van der Waals surface area contributed by atoms with E-state index in [1.807, 2.05) is 0 Å². The summed E-state index contributed by atoms with van der Waals surface area (Å²) < 4.78 is 9.66. The van der Waals surface area contributed by atoms with Crippen LogP contribution in [0, 0.1) is 12.3 Å². The van der Waals surface area contributed by atoms with E-state index in [-0.39, 0.29) is 18.9 Å². The number of nitrogens with one attached hydrogen (secondary N) is 1. The Balaban J connectivity index is 2.54. The fraction of sp³-hybridized carbons (Fsp3) is 0.286. The highest BCUT2D eigenvalue weighted by atomic mass is 16.6. The number of esters is 1. The topological polar surface area (TPSA) is 64.6 Å². The average molecular weight is 261 g/mol. The van der Waals surface area contributed by atoms with E-state index in [4.69, 9.17) is 11.2 Å². The lowest BCUT2D eigenvalue weighted by molar-refractivity contribution is -0.142. The third-order valence-corrected chi connectivity index (χ3v) is 2.20. The van der Waals surface area contributed by atoms with Gasteiger partial charge in [-0.05, 0) is 12.1 Å². The first-order chi connectivity index (χ1) is 9.15. The number of methoxy groups -OCH3 is 1. The minimum absolute atomic E-state index is 0.164. The normalized spacial score (nSPS) is 9.26. The minimum atomic E-state index is -0.469. The first-order valence-electron chi connectivity index (χ1n) is 5.68. The molecule has 0 spiro atoms. The summed E-state index contributed by atoms with van der Waals surface area (Å²) in [6, 6.07) is 6.74. The Labute approximate surface area is 111 Å². The van der Waals surface area contributed by atoms with Gasteiger partial charge in [-0.2, -0.15) is 0 Å². The van der Waals surface area contributed by atoms with Gasteiger partial charge in [0.1, 0.15) is 5.75 Å². The smallest absolute Gasteiger partial charge is 0.343 e. The van der Waals surface area contributed by atoms with E-state index >= 15 is 0 Å². The Hall–Kier alpha value is -2.48. The zero-order valence-corrected chi connectivity index (χ0v) is 10.6. The van der Waals surface area contributed by atoms with E-state index in [9.17, 15) is 9.59 Å². The molecule has 1 rings (SSSR count). The van der Waals surface area contributed by atoms with Crippen molar-refractivity contribution in [3.8, 4) is 18.1 Å². The molecule has 0 radical (unpaired) electrons. The molecule has 0 unspecified atom stereocenters. The molecule has 5 heteroatoms. The van der Waals surface area contributed by atoms with Crippen LogP contribution in [0.5, 0.6) is 5.75 Å². The van der Waals surface area contributed by atoms with E-state index < -0.39 is 5.97 Å². The van der Waals surface area contributed by atoms with Crippen molar-refractivity contribution >= 4 is 17.6 Å². The summed E-state index contributed by atoms with van der Waals surface area (Å²) in [4.78, 5) is 22.4. The molecular formula is C14H15NO4. The number of amides is 1. The van der Waals surface area contributed by atoms with Gasteiger partial charge in [-0.15, -0.1) is 12.3 Å². The highest BCUT2D eigenvalue weighted by molar-refractivity contribution is 5.91. The van der Waals surface area contributed by atoms with Crippen LogP contribution < -0.4 is 10.1 Å². The zero-order chi connectivity index (χ0) is 14.1. The van der Waals surface area contributed by atoms with Crippen molar-refractivity contribution < 1.29 is 19.1 Å². The summed E-state index contributed by atoms with van der Waals surface area (Å²) in [6.45, 7) is -0.176. The molecule has 0 fully saturated rings. The Morgan fingerprint density at radius 3 is 2.89 bits per heavy atom. The van der Waals surface area contributed by atoms with Crippen LogP contribution in [0.25, 0.3) is 0 Å². The van der Waals surface area contributed by atoms with Gasteiger partial charge in [-0.3, -0.25) is 4.79 Å². The van der Waals surface area contributed by atoms with Gasteiger partial charge in [-0.25, -0.2) is 4.79 Å². The van der Waals surface area contributed by atoms with Gasteiger partial charge in [0.15, 0.2) is 6.61 Å². The van der Waals surface area contributed by atoms with E-state index in [0.29, 0.717) is 17.9 Å². The SMILES string of the molecule is C#CCCC(=O)Nc1cccc(OCC(=O)OC)c1. The predicted octanol–water partition coefficient (Wildman–Crippen LogP) is 1.59. The monoisotopic (exact) mass is 261 g/mol. The number of carbonyl (C=O) groups excluding carboxylic acids is 2. The van der Waals surface area contributed by atoms with Crippen molar-refractivity contribution in [1.82, 2.24) is 0 Å². The molecule has 100 valence electrons. The first kappa shape index (κ1) is 14.6. The summed E-state index contributed by atoms with van der Waals surface area (Å²) in [5.74, 6) is 2.24. The number of carbonyl (C=O) groups is 2. The van der Waals surface area contributed by atoms with Gasteiger partial charge >= 0.3 is 5.97 Å². The molecule has 0 atom stereocenters. The maximum absolute atomic E-state index is 11.5. The van der Waals surface area contributed by atoms with Gasteiger partial charge in [0.2, 0.25) is 5.91 Å². The molecule has 0 heterocycles. The summed E-state index contributed by atoms with van der Waals surface area (Å²) in [5.41, 5.74) is 0.587. The zero-order valence-electron chi connectivity index (χ0n) is 10.6. The van der Waals surface area contributed by atoms with Crippen molar-refractivity contribution in [2.24, 2.45) is 0 Å². The number of hydrogen-bond donors (Lipinski definition) is 1. The molecule has 1 aromatic carbocycles. The van der Waals surface area contributed by atoms with Crippen LogP contribution in [-0.2, 0) is 14.3 Å². The van der Waals surface area contributed by atoms with Crippen LogP contribution in [0.1, 0.15) is 12.8 Å². The highest BCUT2D eigenvalue weighted by Crippen LogP contribution is 2.17. The third kappa shape index (κ3) is 5.59. The standard InChI is InChI=1S/C14H15NO4/c1-3-4-8-13(16)15-11-6-5-7-12(9-11)19-10-14(17)18-2/h1,5-7,9H,4,8,10H2,2H3,(H,15,16). The molecule has 1 N–H and O–H groups in total. The lowest BCUT2D eigenvalue weighted by Gasteiger charge is -2.08. The highest BCUT2D eigenvalue weighted by Gasteiger charge is 2.04. The second-order valence-electron chi connectivity index (χ2n) is 3.64. The van der Waals surface area contributed by atoms with E-state index in [0.717, 1.165) is 0 Å². The van der Waals surface area contributed by atoms with Crippen LogP contribution >= 0.6 is 0 Å². The van der Waals surface area contributed by atoms with Gasteiger partial charge in [0.05, 0.1) is 7.11 Å². The Kier molecular flexibility index (Phi) is 5.96. The van der Waals surface area contributed by atoms with E-state index in [2.05, 4.69) is 16.0 Å². The molecule has 0 aromatic heterocycles. The van der Waals surface area contributed by atoms with E-state index in [1.54, 1.807) is 24.3 Å². The molecule has 19 heavy (non-hydrogen) atoms. The lowest BCUT2D eigenvalue weighted by atomic mass is 10.2. The molecule has 1 amide bonds. The van der Waals surface area contributed by atoms with Crippen molar-refractivity contribution in [3.05, 3.63) is 24.3 Å². The van der Waals surface area contributed by atoms with Crippen LogP contribution in [0.15, 0.2) is 24.3 Å². The van der Waals surface area contributed by atoms with E-state index in [1.165, 1.54) is 7.11 Å². The predicted molar refractivity (Wildman–Crippen MR) is 70.6 cm³/mol. The largest absolute Gasteiger partial charge is 0.482 e. The molecule has 0 aliphatic rings. The number of benzene rings is 1. The van der Waals surface area contributed by atoms with Gasteiger partial charge in [0, 0.05) is 24.6 Å². The number of ether oxygens (including phenoxy) is 2. The Morgan fingerprint density at radius 1 is 1.42 bits per heavy atom. The number of anilines is 1. The molecule has 5 nitrogen and oxygen atoms in total. The molecule has 0 bridgehead atoms. The number of terminal acetylenes is 1. The van der Waals surface area contributed by atoms with Crippen LogP contribution in [0.4, 0.5) is 5.69 Å². The second-order valence-corrected chi connectivity index (χ2v) is 3.64. The van der Waals surface area contributed by atoms with Crippen molar-refractivity contribution in [1.29, 1.82) is 0 Å². The Morgan fingerprint density at radius 2 is 2.21 bits per heavy atom. The molecular weight excluding hydrogens is 246 g/mol. The summed E-state index contributed by atoms with van der Waals surface area (Å²) in [6.07, 6.45) is 5.74. The van der Waals surface area contributed by atoms with Gasteiger partial charge in [-0.1, -0.05) is 6.07 Å². The maximum atomic E-state index is 11.5. The minimum Gasteiger partial charge on any atom is -0.482 e. The average Bonchev–Trinajstić information content (AvgIpc) is 2.43. The summed E-state index contributed by atoms with van der Waals surface area (Å²) >= 11 is 0. The quantitative estimate of drug-likeness (QED) is 0.624. The van der Waals surface area contributed by atoms with Crippen LogP contribution in [-0.4, -0.2) is 25.6 Å². The third-order valence-electron chi connectivity index (χ3n) is 2.20. The molecule has 1 aromatic rings. The van der Waals surface area contributed by atoms with Crippen LogP contribution in [0.2, 0.25) is 0 Å². The van der Waals surface area contributed by atoms with Crippen molar-refractivity contribution in [2.75, 3.05) is 19.0 Å². The van der Waals surface area contributed by atoms with Crippen LogP contribution in [0.3, 0.4) is 0 Å². The summed E-state index contributed by atoms with van der Waals surface area (Å²) in [5, 5.41) is 2.69. The Bertz CT molecular complexity index is 490. The number of rotatable bonds is 6. The fourth-order valence-electron chi connectivity index (χ4n) is 1.27. The summed E-state index contributed by atoms with van der Waals surface area (Å²) in [7, 11) is 1.29. The first-order valence-corrected chi connectivity index (χ1v) is 5.68.